The van der Waals surface area contributed by atoms with Crippen molar-refractivity contribution in [3.63, 3.8) is 0 Å². The first kappa shape index (κ1) is 28.5. The molecule has 5 aliphatic rings. The Labute approximate surface area is 245 Å². The van der Waals surface area contributed by atoms with E-state index in [4.69, 9.17) is 10.1 Å². The van der Waals surface area contributed by atoms with Crippen LogP contribution in [0.5, 0.6) is 0 Å². The number of fused-ring (bicyclic) bond motifs is 5. The van der Waals surface area contributed by atoms with Gasteiger partial charge in [0, 0.05) is 5.41 Å². The quantitative estimate of drug-likeness (QED) is 0.257. The molecule has 8 unspecified atom stereocenters. The number of allylic oxidation sites excluding steroid dienone is 2. The van der Waals surface area contributed by atoms with Crippen LogP contribution in [-0.2, 0) is 11.3 Å². The van der Waals surface area contributed by atoms with E-state index in [-0.39, 0.29) is 5.41 Å². The molecule has 0 bridgehead atoms. The van der Waals surface area contributed by atoms with Crippen molar-refractivity contribution in [3.05, 3.63) is 47.2 Å². The average molecular weight is 544 g/mol. The van der Waals surface area contributed by atoms with Crippen LogP contribution in [0.1, 0.15) is 130 Å². The first-order valence-electron chi connectivity index (χ1n) is 17.1. The summed E-state index contributed by atoms with van der Waals surface area (Å²) in [7, 11) is 0. The summed E-state index contributed by atoms with van der Waals surface area (Å²) in [5.74, 6) is 4.94. The minimum atomic E-state index is 0.288. The van der Waals surface area contributed by atoms with Crippen LogP contribution in [0.3, 0.4) is 0 Å². The third-order valence-electron chi connectivity index (χ3n) is 14.3. The Kier molecular flexibility index (Phi) is 7.57. The van der Waals surface area contributed by atoms with E-state index >= 15 is 0 Å². The Morgan fingerprint density at radius 1 is 0.925 bits per heavy atom. The van der Waals surface area contributed by atoms with Crippen molar-refractivity contribution in [1.29, 1.82) is 5.41 Å². The lowest BCUT2D eigenvalue weighted by Gasteiger charge is -2.71. The number of benzene rings is 1. The molecular formula is C38H57NO. The van der Waals surface area contributed by atoms with Crippen LogP contribution in [0.25, 0.3) is 0 Å². The summed E-state index contributed by atoms with van der Waals surface area (Å²) in [6.45, 7) is 13.6. The number of nitrogens with one attached hydrogen (secondary N) is 1. The van der Waals surface area contributed by atoms with Gasteiger partial charge in [0.25, 0.3) is 0 Å². The average Bonchev–Trinajstić information content (AvgIpc) is 3.36. The van der Waals surface area contributed by atoms with Gasteiger partial charge in [-0.3, -0.25) is 0 Å². The van der Waals surface area contributed by atoms with E-state index in [1.165, 1.54) is 101 Å². The second-order valence-electron chi connectivity index (χ2n) is 15.7. The predicted octanol–water partition coefficient (Wildman–Crippen LogP) is 10.8. The van der Waals surface area contributed by atoms with E-state index in [0.717, 1.165) is 24.4 Å². The first-order chi connectivity index (χ1) is 19.2. The largest absolute Gasteiger partial charge is 0.493 e. The fraction of sp³-hybridized carbons (Fsp3) is 0.763. The number of hydrogen-bond donors (Lipinski definition) is 1. The zero-order valence-electron chi connectivity index (χ0n) is 26.4. The van der Waals surface area contributed by atoms with E-state index in [1.54, 1.807) is 11.8 Å². The van der Waals surface area contributed by atoms with Gasteiger partial charge in [-0.15, -0.1) is 0 Å². The Balaban J connectivity index is 1.33. The SMILES string of the molecule is CCCC1(C)C(C(C)C=N)CCC2(C)C1CCC1C3CCCC3(C(OCc3ccccc3)=C3CCC3)CC[C@]12C. The minimum absolute atomic E-state index is 0.288. The first-order valence-corrected chi connectivity index (χ1v) is 17.1. The van der Waals surface area contributed by atoms with Gasteiger partial charge in [0.05, 0.1) is 0 Å². The second-order valence-corrected chi connectivity index (χ2v) is 15.7. The molecule has 0 amide bonds. The molecule has 0 aliphatic heterocycles. The molecule has 5 aliphatic carbocycles. The fourth-order valence-electron chi connectivity index (χ4n) is 12.1. The van der Waals surface area contributed by atoms with Gasteiger partial charge in [0.2, 0.25) is 0 Å². The molecule has 1 aromatic rings. The molecule has 6 rings (SSSR count). The molecule has 220 valence electrons. The standard InChI is InChI=1S/C38H57NO/c1-6-20-35(3)30(27(2)25-39)19-22-37(5)33(35)18-17-31-32-16-11-21-38(32,24-23-36(31,37)4)34(29-14-10-15-29)40-26-28-12-8-7-9-13-28/h7-9,12-13,25,27,30-33,39H,6,10-11,14-24,26H2,1-5H3/t27?,30?,31?,32?,33?,35?,36-,37?,38?/m1/s1. The van der Waals surface area contributed by atoms with E-state index in [0.29, 0.717) is 28.1 Å². The number of ether oxygens (including phenoxy) is 1. The lowest BCUT2D eigenvalue weighted by molar-refractivity contribution is -0.218. The van der Waals surface area contributed by atoms with Crippen LogP contribution in [0, 0.1) is 56.7 Å². The Bertz CT molecular complexity index is 1100. The lowest BCUT2D eigenvalue weighted by Crippen LogP contribution is -2.64. The predicted molar refractivity (Wildman–Crippen MR) is 167 cm³/mol. The van der Waals surface area contributed by atoms with Gasteiger partial charge in [-0.25, -0.2) is 0 Å². The van der Waals surface area contributed by atoms with Crippen LogP contribution < -0.4 is 0 Å². The highest BCUT2D eigenvalue weighted by atomic mass is 16.5. The third-order valence-corrected chi connectivity index (χ3v) is 14.3. The molecule has 0 aromatic heterocycles. The molecule has 5 saturated carbocycles. The zero-order valence-corrected chi connectivity index (χ0v) is 26.4. The molecule has 40 heavy (non-hydrogen) atoms. The molecule has 0 heterocycles. The Morgan fingerprint density at radius 2 is 1.70 bits per heavy atom. The highest BCUT2D eigenvalue weighted by Gasteiger charge is 2.69. The van der Waals surface area contributed by atoms with Crippen LogP contribution in [0.15, 0.2) is 41.7 Å². The van der Waals surface area contributed by atoms with E-state index in [2.05, 4.69) is 65.0 Å². The summed E-state index contributed by atoms with van der Waals surface area (Å²) in [6.07, 6.45) is 20.6. The van der Waals surface area contributed by atoms with Gasteiger partial charge in [-0.2, -0.15) is 0 Å². The summed E-state index contributed by atoms with van der Waals surface area (Å²) in [6, 6.07) is 10.9. The summed E-state index contributed by atoms with van der Waals surface area (Å²) < 4.78 is 7.00. The summed E-state index contributed by atoms with van der Waals surface area (Å²) in [4.78, 5) is 0. The molecule has 2 heteroatoms. The van der Waals surface area contributed by atoms with Gasteiger partial charge in [0.1, 0.15) is 12.4 Å². The van der Waals surface area contributed by atoms with Crippen molar-refractivity contribution in [2.24, 2.45) is 51.2 Å². The van der Waals surface area contributed by atoms with Gasteiger partial charge in [0.15, 0.2) is 0 Å². The lowest BCUT2D eigenvalue weighted by atomic mass is 9.34. The minimum Gasteiger partial charge on any atom is -0.493 e. The third kappa shape index (κ3) is 4.11. The maximum atomic E-state index is 8.16. The summed E-state index contributed by atoms with van der Waals surface area (Å²) in [5.41, 5.74) is 4.44. The fourth-order valence-corrected chi connectivity index (χ4v) is 12.1. The maximum absolute atomic E-state index is 8.16. The summed E-state index contributed by atoms with van der Waals surface area (Å²) in [5, 5.41) is 8.16. The molecule has 1 N–H and O–H groups in total. The van der Waals surface area contributed by atoms with Crippen LogP contribution in [0.2, 0.25) is 0 Å². The topological polar surface area (TPSA) is 33.1 Å². The normalized spacial score (nSPS) is 43.1. The highest BCUT2D eigenvalue weighted by Crippen LogP contribution is 2.76. The second kappa shape index (κ2) is 10.6. The Morgan fingerprint density at radius 3 is 2.38 bits per heavy atom. The highest BCUT2D eigenvalue weighted by molar-refractivity contribution is 5.57. The smallest absolute Gasteiger partial charge is 0.113 e. The molecule has 9 atom stereocenters. The molecule has 5 fully saturated rings. The van der Waals surface area contributed by atoms with E-state index in [9.17, 15) is 0 Å². The van der Waals surface area contributed by atoms with Gasteiger partial charge in [-0.05, 0) is 140 Å². The van der Waals surface area contributed by atoms with Crippen molar-refractivity contribution in [2.45, 2.75) is 131 Å². The van der Waals surface area contributed by atoms with Crippen molar-refractivity contribution < 1.29 is 4.74 Å². The maximum Gasteiger partial charge on any atom is 0.113 e. The van der Waals surface area contributed by atoms with Crippen molar-refractivity contribution in [2.75, 3.05) is 0 Å². The number of hydrogen-bond acceptors (Lipinski definition) is 2. The van der Waals surface area contributed by atoms with Crippen LogP contribution in [0.4, 0.5) is 0 Å². The van der Waals surface area contributed by atoms with Gasteiger partial charge in [-0.1, -0.05) is 77.8 Å². The summed E-state index contributed by atoms with van der Waals surface area (Å²) >= 11 is 0. The molecule has 0 saturated heterocycles. The zero-order chi connectivity index (χ0) is 28.2. The van der Waals surface area contributed by atoms with Gasteiger partial charge >= 0.3 is 0 Å². The van der Waals surface area contributed by atoms with Crippen molar-refractivity contribution >= 4 is 6.21 Å². The van der Waals surface area contributed by atoms with Crippen LogP contribution in [-0.4, -0.2) is 6.21 Å². The molecular weight excluding hydrogens is 486 g/mol. The van der Waals surface area contributed by atoms with Crippen molar-refractivity contribution in [1.82, 2.24) is 0 Å². The number of rotatable bonds is 8. The monoisotopic (exact) mass is 543 g/mol. The van der Waals surface area contributed by atoms with Crippen LogP contribution >= 0.6 is 0 Å². The Hall–Kier alpha value is -1.57. The molecule has 1 aromatic carbocycles. The van der Waals surface area contributed by atoms with Crippen molar-refractivity contribution in [3.8, 4) is 0 Å². The molecule has 0 radical (unpaired) electrons. The van der Waals surface area contributed by atoms with E-state index < -0.39 is 0 Å². The molecule has 2 nitrogen and oxygen atoms in total. The van der Waals surface area contributed by atoms with E-state index in [1.807, 2.05) is 0 Å². The van der Waals surface area contributed by atoms with Gasteiger partial charge < -0.3 is 10.1 Å². The molecule has 0 spiro atoms.